The second kappa shape index (κ2) is 8.95. The Morgan fingerprint density at radius 1 is 1.29 bits per heavy atom. The predicted molar refractivity (Wildman–Crippen MR) is 61.5 cm³/mol. The van der Waals surface area contributed by atoms with Crippen LogP contribution < -0.4 is 0 Å². The van der Waals surface area contributed by atoms with Gasteiger partial charge in [-0.2, -0.15) is 0 Å². The fraction of sp³-hybridized carbons (Fsp3) is 0.750. The van der Waals surface area contributed by atoms with Gasteiger partial charge in [0.05, 0.1) is 0 Å². The van der Waals surface area contributed by atoms with E-state index < -0.39 is 0 Å². The number of carbonyl (C=O) groups excluding carboxylic acids is 1. The minimum Gasteiger partial charge on any atom is -0.303 e. The van der Waals surface area contributed by atoms with E-state index >= 15 is 0 Å². The Labute approximate surface area is 88.0 Å². The van der Waals surface area contributed by atoms with Crippen molar-refractivity contribution in [2.24, 2.45) is 0 Å². The molecule has 0 aromatic heterocycles. The summed E-state index contributed by atoms with van der Waals surface area (Å²) >= 11 is 0. The second-order valence-corrected chi connectivity index (χ2v) is 3.84. The Morgan fingerprint density at radius 3 is 2.57 bits per heavy atom. The molecule has 0 atom stereocenters. The molecule has 0 fully saturated rings. The molecule has 0 aromatic rings. The summed E-state index contributed by atoms with van der Waals surface area (Å²) < 4.78 is 0. The van der Waals surface area contributed by atoms with Crippen LogP contribution in [0.25, 0.3) is 0 Å². The van der Waals surface area contributed by atoms with E-state index in [0.717, 1.165) is 13.1 Å². The Balaban J connectivity index is 3.36. The van der Waals surface area contributed by atoms with E-state index in [-0.39, 0.29) is 5.78 Å². The van der Waals surface area contributed by atoms with E-state index in [4.69, 9.17) is 0 Å². The number of carbonyl (C=O) groups is 1. The molecular formula is C12H23NO. The first-order valence-electron chi connectivity index (χ1n) is 5.52. The lowest BCUT2D eigenvalue weighted by molar-refractivity contribution is -0.112. The van der Waals surface area contributed by atoms with Gasteiger partial charge in [0.25, 0.3) is 0 Å². The van der Waals surface area contributed by atoms with E-state index in [9.17, 15) is 4.79 Å². The molecule has 2 heteroatoms. The van der Waals surface area contributed by atoms with Gasteiger partial charge < -0.3 is 4.90 Å². The summed E-state index contributed by atoms with van der Waals surface area (Å²) in [6, 6.07) is 0. The van der Waals surface area contributed by atoms with Crippen LogP contribution in [0, 0.1) is 0 Å². The summed E-state index contributed by atoms with van der Waals surface area (Å²) in [7, 11) is 2.09. The Hall–Kier alpha value is -0.630. The van der Waals surface area contributed by atoms with Crippen LogP contribution in [-0.2, 0) is 4.79 Å². The Bertz CT molecular complexity index is 175. The van der Waals surface area contributed by atoms with Gasteiger partial charge in [-0.1, -0.05) is 32.3 Å². The van der Waals surface area contributed by atoms with Gasteiger partial charge in [0.1, 0.15) is 0 Å². The number of nitrogens with zero attached hydrogens (tertiary/aromatic N) is 1. The van der Waals surface area contributed by atoms with Gasteiger partial charge in [-0.05, 0) is 33.0 Å². The highest BCUT2D eigenvalue weighted by molar-refractivity contribution is 5.87. The maximum atomic E-state index is 10.6. The van der Waals surface area contributed by atoms with E-state index in [0.29, 0.717) is 0 Å². The van der Waals surface area contributed by atoms with Gasteiger partial charge in [0.2, 0.25) is 0 Å². The highest BCUT2D eigenvalue weighted by Gasteiger charge is 1.94. The first kappa shape index (κ1) is 13.4. The van der Waals surface area contributed by atoms with Crippen LogP contribution in [0.2, 0.25) is 0 Å². The van der Waals surface area contributed by atoms with Crippen LogP contribution >= 0.6 is 0 Å². The number of unbranched alkanes of at least 4 members (excludes halogenated alkanes) is 3. The monoisotopic (exact) mass is 197 g/mol. The fourth-order valence-electron chi connectivity index (χ4n) is 1.30. The van der Waals surface area contributed by atoms with Gasteiger partial charge in [-0.15, -0.1) is 0 Å². The van der Waals surface area contributed by atoms with Crippen LogP contribution in [0.15, 0.2) is 12.2 Å². The van der Waals surface area contributed by atoms with Gasteiger partial charge >= 0.3 is 0 Å². The highest BCUT2D eigenvalue weighted by Crippen LogP contribution is 1.99. The zero-order chi connectivity index (χ0) is 10.8. The normalized spacial score (nSPS) is 11.4. The van der Waals surface area contributed by atoms with Crippen molar-refractivity contribution in [3.63, 3.8) is 0 Å². The number of rotatable bonds is 8. The topological polar surface area (TPSA) is 20.3 Å². The molecule has 0 heterocycles. The summed E-state index contributed by atoms with van der Waals surface area (Å²) in [6.45, 7) is 5.81. The van der Waals surface area contributed by atoms with E-state index in [1.54, 1.807) is 13.0 Å². The lowest BCUT2D eigenvalue weighted by Gasteiger charge is -2.13. The standard InChI is InChI=1S/C12H23NO/c1-4-5-6-7-10-13(3)11-8-9-12(2)14/h8-9H,4-7,10-11H2,1-3H3/b9-8+. The first-order valence-corrected chi connectivity index (χ1v) is 5.52. The minimum absolute atomic E-state index is 0.129. The van der Waals surface area contributed by atoms with Gasteiger partial charge in [-0.25, -0.2) is 0 Å². The zero-order valence-corrected chi connectivity index (χ0v) is 9.75. The number of ketones is 1. The lowest BCUT2D eigenvalue weighted by atomic mass is 10.2. The molecule has 0 bridgehead atoms. The van der Waals surface area contributed by atoms with Gasteiger partial charge in [0.15, 0.2) is 5.78 Å². The quantitative estimate of drug-likeness (QED) is 0.440. The molecule has 0 unspecified atom stereocenters. The number of allylic oxidation sites excluding steroid dienone is 1. The van der Waals surface area contributed by atoms with Crippen molar-refractivity contribution in [2.45, 2.75) is 39.5 Å². The summed E-state index contributed by atoms with van der Waals surface area (Å²) in [6.07, 6.45) is 8.77. The smallest absolute Gasteiger partial charge is 0.152 e. The average Bonchev–Trinajstić information content (AvgIpc) is 2.12. The zero-order valence-electron chi connectivity index (χ0n) is 9.75. The number of likely N-dealkylation sites (N-methyl/N-ethyl adjacent to an activating group) is 1. The van der Waals surface area contributed by atoms with Gasteiger partial charge in [0, 0.05) is 6.54 Å². The van der Waals surface area contributed by atoms with Crippen LogP contribution in [-0.4, -0.2) is 30.8 Å². The van der Waals surface area contributed by atoms with Crippen molar-refractivity contribution >= 4 is 5.78 Å². The average molecular weight is 197 g/mol. The molecule has 14 heavy (non-hydrogen) atoms. The van der Waals surface area contributed by atoms with Crippen molar-refractivity contribution in [3.05, 3.63) is 12.2 Å². The van der Waals surface area contributed by atoms with Crippen molar-refractivity contribution in [3.8, 4) is 0 Å². The van der Waals surface area contributed by atoms with Crippen LogP contribution in [0.3, 0.4) is 0 Å². The maximum Gasteiger partial charge on any atom is 0.152 e. The van der Waals surface area contributed by atoms with Gasteiger partial charge in [-0.3, -0.25) is 4.79 Å². The molecule has 0 aromatic carbocycles. The van der Waals surface area contributed by atoms with E-state index in [1.807, 2.05) is 6.08 Å². The molecule has 0 spiro atoms. The summed E-state index contributed by atoms with van der Waals surface area (Å²) in [4.78, 5) is 12.9. The third kappa shape index (κ3) is 9.46. The Morgan fingerprint density at radius 2 is 2.00 bits per heavy atom. The molecule has 82 valence electrons. The van der Waals surface area contributed by atoms with Crippen LogP contribution in [0.5, 0.6) is 0 Å². The predicted octanol–water partition coefficient (Wildman–Crippen LogP) is 2.64. The van der Waals surface area contributed by atoms with Crippen molar-refractivity contribution in [2.75, 3.05) is 20.1 Å². The molecule has 0 rings (SSSR count). The molecule has 0 radical (unpaired) electrons. The molecule has 0 aliphatic rings. The van der Waals surface area contributed by atoms with Crippen molar-refractivity contribution < 1.29 is 4.79 Å². The third-order valence-electron chi connectivity index (χ3n) is 2.16. The van der Waals surface area contributed by atoms with Crippen molar-refractivity contribution in [1.82, 2.24) is 4.90 Å². The second-order valence-electron chi connectivity index (χ2n) is 3.84. The Kier molecular flexibility index (Phi) is 8.54. The molecular weight excluding hydrogens is 174 g/mol. The highest BCUT2D eigenvalue weighted by atomic mass is 16.1. The number of hydrogen-bond acceptors (Lipinski definition) is 2. The molecule has 0 amide bonds. The summed E-state index contributed by atoms with van der Waals surface area (Å²) in [5.74, 6) is 0.129. The molecule has 2 nitrogen and oxygen atoms in total. The molecule has 0 aliphatic heterocycles. The fourth-order valence-corrected chi connectivity index (χ4v) is 1.30. The number of hydrogen-bond donors (Lipinski definition) is 0. The molecule has 0 N–H and O–H groups in total. The van der Waals surface area contributed by atoms with Crippen LogP contribution in [0.4, 0.5) is 0 Å². The first-order chi connectivity index (χ1) is 6.66. The summed E-state index contributed by atoms with van der Waals surface area (Å²) in [5, 5.41) is 0. The largest absolute Gasteiger partial charge is 0.303 e. The summed E-state index contributed by atoms with van der Waals surface area (Å²) in [5.41, 5.74) is 0. The minimum atomic E-state index is 0.129. The SMILES string of the molecule is CCCCCCN(C)C/C=C/C(C)=O. The van der Waals surface area contributed by atoms with Crippen molar-refractivity contribution in [1.29, 1.82) is 0 Å². The lowest BCUT2D eigenvalue weighted by Crippen LogP contribution is -2.19. The molecule has 0 aliphatic carbocycles. The van der Waals surface area contributed by atoms with Crippen LogP contribution in [0.1, 0.15) is 39.5 Å². The molecule has 0 saturated carbocycles. The third-order valence-corrected chi connectivity index (χ3v) is 2.16. The molecule has 0 saturated heterocycles. The van der Waals surface area contributed by atoms with E-state index in [1.165, 1.54) is 25.7 Å². The van der Waals surface area contributed by atoms with E-state index in [2.05, 4.69) is 18.9 Å². The maximum absolute atomic E-state index is 10.6.